The third-order valence-electron chi connectivity index (χ3n) is 0.596. The molecule has 0 aromatic rings. The highest BCUT2D eigenvalue weighted by molar-refractivity contribution is 6.52. The first-order valence-electron chi connectivity index (χ1n) is 2.50. The molecule has 0 spiro atoms. The number of rotatable bonds is 3. The Morgan fingerprint density at radius 1 is 1.70 bits per heavy atom. The molecule has 0 aromatic carbocycles. The van der Waals surface area contributed by atoms with Gasteiger partial charge in [-0.05, 0) is 6.92 Å². The second kappa shape index (κ2) is 4.77. The minimum atomic E-state index is -1.20. The molecule has 1 atom stereocenters. The van der Waals surface area contributed by atoms with Gasteiger partial charge in [-0.1, -0.05) is 23.2 Å². The van der Waals surface area contributed by atoms with Crippen molar-refractivity contribution in [3.8, 4) is 0 Å². The Balaban J connectivity index is 3.40. The average Bonchev–Trinajstić information content (AvgIpc) is 1.82. The van der Waals surface area contributed by atoms with E-state index in [0.29, 0.717) is 0 Å². The van der Waals surface area contributed by atoms with Crippen LogP contribution in [-0.2, 0) is 9.53 Å². The smallest absolute Gasteiger partial charge is 0.339 e. The van der Waals surface area contributed by atoms with Crippen molar-refractivity contribution in [2.24, 2.45) is 0 Å². The van der Waals surface area contributed by atoms with E-state index in [4.69, 9.17) is 28.3 Å². The van der Waals surface area contributed by atoms with Gasteiger partial charge in [-0.2, -0.15) is 0 Å². The van der Waals surface area contributed by atoms with Crippen molar-refractivity contribution >= 4 is 29.2 Å². The summed E-state index contributed by atoms with van der Waals surface area (Å²) in [6.07, 6.45) is -0.934. The summed E-state index contributed by atoms with van der Waals surface area (Å²) < 4.78 is 4.35. The van der Waals surface area contributed by atoms with Gasteiger partial charge in [0.15, 0.2) is 0 Å². The van der Waals surface area contributed by atoms with E-state index in [1.165, 1.54) is 0 Å². The molecule has 0 amide bonds. The molecular weight excluding hydrogens is 179 g/mol. The number of carbonyl (C=O) groups is 1. The first-order chi connectivity index (χ1) is 4.54. The lowest BCUT2D eigenvalue weighted by molar-refractivity contribution is -0.143. The lowest BCUT2D eigenvalue weighted by atomic mass is 10.4. The summed E-state index contributed by atoms with van der Waals surface area (Å²) in [7, 11) is 0. The summed E-state index contributed by atoms with van der Waals surface area (Å²) in [4.78, 5) is 9.23. The van der Waals surface area contributed by atoms with Crippen LogP contribution in [0.2, 0.25) is 0 Å². The van der Waals surface area contributed by atoms with Gasteiger partial charge in [-0.15, -0.1) is 0 Å². The zero-order chi connectivity index (χ0) is 8.15. The molecule has 0 saturated heterocycles. The molecule has 5 heteroatoms. The Morgan fingerprint density at radius 3 is 2.50 bits per heavy atom. The van der Waals surface area contributed by atoms with E-state index in [9.17, 15) is 4.79 Å². The summed E-state index contributed by atoms with van der Waals surface area (Å²) in [6.45, 7) is 2.98. The van der Waals surface area contributed by atoms with Crippen LogP contribution >= 0.6 is 23.2 Å². The fraction of sp³-hybridized carbons (Fsp3) is 0.600. The molecule has 10 heavy (non-hydrogen) atoms. The Labute approximate surface area is 68.9 Å². The maximum Gasteiger partial charge on any atom is 0.339 e. The third kappa shape index (κ3) is 4.85. The SMILES string of the molecule is [CH2]C(O)COC(=O)C(Cl)Cl. The fourth-order valence-electron chi connectivity index (χ4n) is 0.241. The zero-order valence-corrected chi connectivity index (χ0v) is 6.60. The first-order valence-corrected chi connectivity index (χ1v) is 3.37. The topological polar surface area (TPSA) is 46.5 Å². The molecule has 0 saturated carbocycles. The van der Waals surface area contributed by atoms with E-state index in [0.717, 1.165) is 0 Å². The molecule has 1 N–H and O–H groups in total. The van der Waals surface area contributed by atoms with Crippen LogP contribution in [0, 0.1) is 6.92 Å². The predicted octanol–water partition coefficient (Wildman–Crippen LogP) is 0.528. The van der Waals surface area contributed by atoms with Crippen LogP contribution in [-0.4, -0.2) is 28.6 Å². The molecule has 0 aliphatic rings. The minimum absolute atomic E-state index is 0.186. The maximum atomic E-state index is 10.4. The number of alkyl halides is 2. The van der Waals surface area contributed by atoms with Crippen LogP contribution < -0.4 is 0 Å². The fourth-order valence-corrected chi connectivity index (χ4v) is 0.367. The van der Waals surface area contributed by atoms with E-state index in [-0.39, 0.29) is 6.61 Å². The van der Waals surface area contributed by atoms with Crippen LogP contribution in [0.1, 0.15) is 0 Å². The molecule has 3 nitrogen and oxygen atoms in total. The van der Waals surface area contributed by atoms with Crippen molar-refractivity contribution in [1.82, 2.24) is 0 Å². The van der Waals surface area contributed by atoms with Gasteiger partial charge in [0.25, 0.3) is 0 Å². The number of hydrogen-bond acceptors (Lipinski definition) is 3. The molecule has 1 unspecified atom stereocenters. The average molecular weight is 186 g/mol. The number of aliphatic hydroxyl groups is 1. The minimum Gasteiger partial charge on any atom is -0.461 e. The van der Waals surface area contributed by atoms with E-state index >= 15 is 0 Å². The normalized spacial score (nSPS) is 13.3. The van der Waals surface area contributed by atoms with Crippen LogP contribution in [0.5, 0.6) is 0 Å². The lowest BCUT2D eigenvalue weighted by Gasteiger charge is -2.05. The summed E-state index contributed by atoms with van der Waals surface area (Å²) >= 11 is 10.2. The largest absolute Gasteiger partial charge is 0.461 e. The molecule has 0 aliphatic heterocycles. The number of carbonyl (C=O) groups excluding carboxylic acids is 1. The first kappa shape index (κ1) is 10.0. The van der Waals surface area contributed by atoms with Gasteiger partial charge >= 0.3 is 5.97 Å². The molecule has 0 heterocycles. The Bertz CT molecular complexity index is 113. The standard InChI is InChI=1S/C5H7Cl2O3/c1-3(8)2-10-5(9)4(6)7/h3-4,8H,1-2H2. The van der Waals surface area contributed by atoms with Crippen LogP contribution in [0.4, 0.5) is 0 Å². The Morgan fingerprint density at radius 2 is 2.20 bits per heavy atom. The lowest BCUT2D eigenvalue weighted by Crippen LogP contribution is -2.19. The van der Waals surface area contributed by atoms with Crippen molar-refractivity contribution < 1.29 is 14.6 Å². The van der Waals surface area contributed by atoms with Gasteiger partial charge in [0.05, 0.1) is 6.10 Å². The van der Waals surface area contributed by atoms with Gasteiger partial charge in [0.1, 0.15) is 6.61 Å². The Kier molecular flexibility index (Phi) is 4.77. The number of hydrogen-bond donors (Lipinski definition) is 1. The quantitative estimate of drug-likeness (QED) is 0.516. The van der Waals surface area contributed by atoms with E-state index in [1.54, 1.807) is 0 Å². The molecule has 0 aliphatic carbocycles. The Hall–Kier alpha value is 0.01000. The van der Waals surface area contributed by atoms with Crippen molar-refractivity contribution in [1.29, 1.82) is 0 Å². The number of halogens is 2. The van der Waals surface area contributed by atoms with Gasteiger partial charge in [-0.25, -0.2) is 4.79 Å². The summed E-state index contributed by atoms with van der Waals surface area (Å²) in [5.74, 6) is -0.772. The van der Waals surface area contributed by atoms with E-state index < -0.39 is 16.9 Å². The maximum absolute atomic E-state index is 10.4. The molecule has 0 fully saturated rings. The van der Waals surface area contributed by atoms with Crippen LogP contribution in [0.15, 0.2) is 0 Å². The highest BCUT2D eigenvalue weighted by atomic mass is 35.5. The molecule has 0 rings (SSSR count). The van der Waals surface area contributed by atoms with E-state index in [2.05, 4.69) is 11.7 Å². The van der Waals surface area contributed by atoms with Gasteiger partial charge in [0, 0.05) is 0 Å². The summed E-state index contributed by atoms with van der Waals surface area (Å²) in [6, 6.07) is 0. The number of aliphatic hydroxyl groups excluding tert-OH is 1. The third-order valence-corrected chi connectivity index (χ3v) is 0.953. The van der Waals surface area contributed by atoms with Gasteiger partial charge in [-0.3, -0.25) is 0 Å². The van der Waals surface area contributed by atoms with Crippen molar-refractivity contribution in [2.75, 3.05) is 6.61 Å². The van der Waals surface area contributed by atoms with Gasteiger partial charge in [0.2, 0.25) is 4.84 Å². The monoisotopic (exact) mass is 185 g/mol. The van der Waals surface area contributed by atoms with Gasteiger partial charge < -0.3 is 9.84 Å². The molecule has 0 aromatic heterocycles. The summed E-state index contributed by atoms with van der Waals surface area (Å²) in [5, 5.41) is 8.51. The van der Waals surface area contributed by atoms with Crippen molar-refractivity contribution in [2.45, 2.75) is 10.9 Å². The van der Waals surface area contributed by atoms with Crippen molar-refractivity contribution in [3.05, 3.63) is 6.92 Å². The summed E-state index contributed by atoms with van der Waals surface area (Å²) in [5.41, 5.74) is 0. The second-order valence-electron chi connectivity index (χ2n) is 1.58. The van der Waals surface area contributed by atoms with E-state index in [1.807, 2.05) is 0 Å². The number of esters is 1. The van der Waals surface area contributed by atoms with Crippen molar-refractivity contribution in [3.63, 3.8) is 0 Å². The molecule has 0 bridgehead atoms. The highest BCUT2D eigenvalue weighted by Crippen LogP contribution is 2.03. The molecular formula is C5H7Cl2O3. The second-order valence-corrected chi connectivity index (χ2v) is 2.68. The predicted molar refractivity (Wildman–Crippen MR) is 37.8 cm³/mol. The number of ether oxygens (including phenoxy) is 1. The highest BCUT2D eigenvalue weighted by Gasteiger charge is 2.13. The van der Waals surface area contributed by atoms with Crippen LogP contribution in [0.25, 0.3) is 0 Å². The van der Waals surface area contributed by atoms with Crippen LogP contribution in [0.3, 0.4) is 0 Å². The molecule has 59 valence electrons. The zero-order valence-electron chi connectivity index (χ0n) is 5.09. The molecule has 1 radical (unpaired) electrons.